The number of carbonyl (C=O) groups excluding carboxylic acids is 1. The molecule has 0 spiro atoms. The lowest BCUT2D eigenvalue weighted by atomic mass is 10.2. The maximum absolute atomic E-state index is 13.1. The molecule has 0 aliphatic rings. The van der Waals surface area contributed by atoms with Crippen molar-refractivity contribution in [3.05, 3.63) is 66.2 Å². The highest BCUT2D eigenvalue weighted by molar-refractivity contribution is 7.58. The average Bonchev–Trinajstić information content (AvgIpc) is 2.61. The van der Waals surface area contributed by atoms with E-state index in [1.54, 1.807) is 45.0 Å². The van der Waals surface area contributed by atoms with Gasteiger partial charge in [-0.3, -0.25) is 9.36 Å². The average molecular weight is 361 g/mol. The first kappa shape index (κ1) is 19.2. The van der Waals surface area contributed by atoms with E-state index < -0.39 is 19.5 Å². The van der Waals surface area contributed by atoms with Gasteiger partial charge in [0.15, 0.2) is 0 Å². The van der Waals surface area contributed by atoms with Crippen molar-refractivity contribution >= 4 is 13.5 Å². The Balaban J connectivity index is 1.98. The zero-order valence-corrected chi connectivity index (χ0v) is 15.6. The molecule has 1 N–H and O–H groups in total. The number of nitrogens with one attached hydrogen (secondary N) is 1. The van der Waals surface area contributed by atoms with Crippen LogP contribution in [-0.2, 0) is 20.7 Å². The van der Waals surface area contributed by atoms with Crippen LogP contribution >= 0.6 is 7.52 Å². The van der Waals surface area contributed by atoms with E-state index in [0.29, 0.717) is 5.75 Å². The molecule has 2 aromatic rings. The minimum atomic E-state index is -3.27. The molecule has 0 aliphatic carbocycles. The van der Waals surface area contributed by atoms with Crippen molar-refractivity contribution in [2.45, 2.75) is 39.1 Å². The van der Waals surface area contributed by atoms with Crippen molar-refractivity contribution in [1.82, 2.24) is 5.09 Å². The molecule has 2 atom stereocenters. The van der Waals surface area contributed by atoms with Gasteiger partial charge in [-0.2, -0.15) is 0 Å². The Hall–Kier alpha value is -2.10. The summed E-state index contributed by atoms with van der Waals surface area (Å²) in [5.74, 6) is 0.0262. The van der Waals surface area contributed by atoms with Crippen molar-refractivity contribution < 1.29 is 18.6 Å². The molecule has 25 heavy (non-hydrogen) atoms. The highest BCUT2D eigenvalue weighted by Gasteiger charge is 2.33. The molecule has 134 valence electrons. The first-order valence-corrected chi connectivity index (χ1v) is 9.93. The first-order chi connectivity index (χ1) is 11.9. The molecule has 1 unspecified atom stereocenters. The lowest BCUT2D eigenvalue weighted by Gasteiger charge is -2.26. The predicted molar refractivity (Wildman–Crippen MR) is 98.6 cm³/mol. The van der Waals surface area contributed by atoms with Gasteiger partial charge < -0.3 is 9.26 Å². The zero-order chi connectivity index (χ0) is 18.3. The lowest BCUT2D eigenvalue weighted by molar-refractivity contribution is -0.146. The van der Waals surface area contributed by atoms with Gasteiger partial charge in [-0.05, 0) is 24.6 Å². The van der Waals surface area contributed by atoms with E-state index in [1.165, 1.54) is 0 Å². The number of hydrogen-bond acceptors (Lipinski definition) is 4. The summed E-state index contributed by atoms with van der Waals surface area (Å²) in [7, 11) is -3.27. The molecule has 2 aromatic carbocycles. The van der Waals surface area contributed by atoms with Gasteiger partial charge in [0, 0.05) is 0 Å². The summed E-state index contributed by atoms with van der Waals surface area (Å²) in [6.45, 7) is 5.38. The monoisotopic (exact) mass is 361 g/mol. The van der Waals surface area contributed by atoms with E-state index in [9.17, 15) is 9.36 Å². The molecule has 2 rings (SSSR count). The molecule has 0 radical (unpaired) electrons. The molecule has 0 aromatic heterocycles. The van der Waals surface area contributed by atoms with Gasteiger partial charge in [-0.15, -0.1) is 0 Å². The highest BCUT2D eigenvalue weighted by Crippen LogP contribution is 2.48. The fraction of sp³-hybridized carbons (Fsp3) is 0.316. The second-order valence-electron chi connectivity index (χ2n) is 6.04. The smallest absolute Gasteiger partial charge is 0.323 e. The zero-order valence-electron chi connectivity index (χ0n) is 14.7. The van der Waals surface area contributed by atoms with E-state index >= 15 is 0 Å². The summed E-state index contributed by atoms with van der Waals surface area (Å²) in [4.78, 5) is 12.2. The van der Waals surface area contributed by atoms with E-state index in [-0.39, 0.29) is 12.3 Å². The summed E-state index contributed by atoms with van der Waals surface area (Å²) in [5.41, 5.74) is 0.604. The van der Waals surface area contributed by atoms with Crippen LogP contribution in [0.25, 0.3) is 0 Å². The molecular formula is C19H24NO4P. The lowest BCUT2D eigenvalue weighted by Crippen LogP contribution is -2.36. The van der Waals surface area contributed by atoms with Gasteiger partial charge in [0.2, 0.25) is 0 Å². The minimum absolute atomic E-state index is 0.178. The number of esters is 1. The van der Waals surface area contributed by atoms with Crippen LogP contribution in [-0.4, -0.2) is 17.7 Å². The van der Waals surface area contributed by atoms with Crippen molar-refractivity contribution in [2.24, 2.45) is 0 Å². The van der Waals surface area contributed by atoms with E-state index in [4.69, 9.17) is 9.26 Å². The van der Waals surface area contributed by atoms with Crippen molar-refractivity contribution in [2.75, 3.05) is 0 Å². The van der Waals surface area contributed by atoms with Crippen LogP contribution in [0.15, 0.2) is 60.7 Å². The molecule has 0 amide bonds. The van der Waals surface area contributed by atoms with Gasteiger partial charge in [0.05, 0.1) is 5.66 Å². The topological polar surface area (TPSA) is 64.6 Å². The molecule has 0 saturated heterocycles. The van der Waals surface area contributed by atoms with Crippen LogP contribution in [0.4, 0.5) is 0 Å². The van der Waals surface area contributed by atoms with Gasteiger partial charge in [0.1, 0.15) is 18.4 Å². The third kappa shape index (κ3) is 5.73. The van der Waals surface area contributed by atoms with E-state index in [0.717, 1.165) is 5.56 Å². The number of carbonyl (C=O) groups is 1. The maximum atomic E-state index is 13.1. The van der Waals surface area contributed by atoms with Crippen LogP contribution in [0.1, 0.15) is 26.3 Å². The number of benzene rings is 2. The highest BCUT2D eigenvalue weighted by atomic mass is 31.2. The molecule has 0 bridgehead atoms. The maximum Gasteiger partial charge on any atom is 0.323 e. The quantitative estimate of drug-likeness (QED) is 0.558. The Kier molecular flexibility index (Phi) is 6.80. The third-order valence-electron chi connectivity index (χ3n) is 3.62. The molecule has 0 heterocycles. The first-order valence-electron chi connectivity index (χ1n) is 8.23. The fourth-order valence-corrected chi connectivity index (χ4v) is 3.74. The van der Waals surface area contributed by atoms with E-state index in [1.807, 2.05) is 36.4 Å². The Morgan fingerprint density at radius 3 is 2.12 bits per heavy atom. The molecule has 0 aliphatic heterocycles. The van der Waals surface area contributed by atoms with E-state index in [2.05, 4.69) is 5.09 Å². The SMILES string of the molecule is CC(C)P(=O)(N[C@@H](C)C(=O)OCc1ccccc1)Oc1ccccc1. The third-order valence-corrected chi connectivity index (χ3v) is 6.20. The van der Waals surface area contributed by atoms with Crippen LogP contribution in [0, 0.1) is 0 Å². The Labute approximate surface area is 148 Å². The molecule has 0 fully saturated rings. The molecule has 0 saturated carbocycles. The second kappa shape index (κ2) is 8.84. The fourth-order valence-electron chi connectivity index (χ4n) is 2.10. The number of ether oxygens (including phenoxy) is 1. The van der Waals surface area contributed by atoms with Crippen molar-refractivity contribution in [3.8, 4) is 5.75 Å². The van der Waals surface area contributed by atoms with Crippen LogP contribution in [0.3, 0.4) is 0 Å². The number of hydrogen-bond donors (Lipinski definition) is 1. The largest absolute Gasteiger partial charge is 0.460 e. The summed E-state index contributed by atoms with van der Waals surface area (Å²) in [5, 5.41) is 2.84. The Morgan fingerprint density at radius 2 is 1.56 bits per heavy atom. The molecular weight excluding hydrogens is 337 g/mol. The van der Waals surface area contributed by atoms with Crippen molar-refractivity contribution in [3.63, 3.8) is 0 Å². The summed E-state index contributed by atoms with van der Waals surface area (Å²) in [6.07, 6.45) is 0. The standard InChI is InChI=1S/C19H24NO4P/c1-15(2)25(22,24-18-12-8-5-9-13-18)20-16(3)19(21)23-14-17-10-6-4-7-11-17/h4-13,15-16H,14H2,1-3H3,(H,20,22)/t16-,25?/m0/s1. The normalized spacial score (nSPS) is 14.6. The van der Waals surface area contributed by atoms with Gasteiger partial charge in [-0.25, -0.2) is 5.09 Å². The summed E-state index contributed by atoms with van der Waals surface area (Å²) >= 11 is 0. The second-order valence-corrected chi connectivity index (χ2v) is 8.71. The predicted octanol–water partition coefficient (Wildman–Crippen LogP) is 4.39. The van der Waals surface area contributed by atoms with Gasteiger partial charge >= 0.3 is 13.5 Å². The Morgan fingerprint density at radius 1 is 1.00 bits per heavy atom. The van der Waals surface area contributed by atoms with Gasteiger partial charge in [-0.1, -0.05) is 62.4 Å². The number of rotatable bonds is 8. The summed E-state index contributed by atoms with van der Waals surface area (Å²) < 4.78 is 24.1. The minimum Gasteiger partial charge on any atom is -0.460 e. The van der Waals surface area contributed by atoms with Crippen LogP contribution in [0.5, 0.6) is 5.75 Å². The van der Waals surface area contributed by atoms with Crippen LogP contribution in [0.2, 0.25) is 0 Å². The number of para-hydroxylation sites is 1. The Bertz CT molecular complexity index is 719. The molecule has 5 nitrogen and oxygen atoms in total. The summed E-state index contributed by atoms with van der Waals surface area (Å²) in [6, 6.07) is 17.6. The van der Waals surface area contributed by atoms with Crippen molar-refractivity contribution in [1.29, 1.82) is 0 Å². The van der Waals surface area contributed by atoms with Gasteiger partial charge in [0.25, 0.3) is 0 Å². The van der Waals surface area contributed by atoms with Crippen LogP contribution < -0.4 is 9.61 Å². The molecule has 6 heteroatoms.